The Kier molecular flexibility index (Phi) is 4.76. The van der Waals surface area contributed by atoms with Gasteiger partial charge in [-0.3, -0.25) is 4.98 Å². The Morgan fingerprint density at radius 2 is 2.19 bits per heavy atom. The summed E-state index contributed by atoms with van der Waals surface area (Å²) >= 11 is 9.35. The summed E-state index contributed by atoms with van der Waals surface area (Å²) in [5.41, 5.74) is 0.897. The molecule has 0 saturated heterocycles. The van der Waals surface area contributed by atoms with E-state index < -0.39 is 15.1 Å². The van der Waals surface area contributed by atoms with E-state index in [0.29, 0.717) is 11.4 Å². The summed E-state index contributed by atoms with van der Waals surface area (Å²) in [7, 11) is -3.04. The fourth-order valence-electron chi connectivity index (χ4n) is 1.21. The molecule has 1 aromatic heterocycles. The second kappa shape index (κ2) is 5.47. The molecule has 0 spiro atoms. The zero-order chi connectivity index (χ0) is 12.3. The summed E-state index contributed by atoms with van der Waals surface area (Å²) in [6, 6.07) is 1.80. The van der Waals surface area contributed by atoms with Gasteiger partial charge in [-0.1, -0.05) is 27.5 Å². The molecule has 0 aliphatic rings. The first-order valence-electron chi connectivity index (χ1n) is 4.73. The first-order valence-corrected chi connectivity index (χ1v) is 7.98. The SMILES string of the molecule is CC(C(Br)Cc1ccncc1Cl)S(C)(=O)=O. The van der Waals surface area contributed by atoms with E-state index in [0.717, 1.165) is 5.56 Å². The molecule has 1 aromatic rings. The van der Waals surface area contributed by atoms with Crippen molar-refractivity contribution < 1.29 is 8.42 Å². The third-order valence-electron chi connectivity index (χ3n) is 2.46. The fraction of sp³-hybridized carbons (Fsp3) is 0.500. The maximum Gasteiger partial charge on any atom is 0.151 e. The molecule has 2 atom stereocenters. The van der Waals surface area contributed by atoms with Crippen LogP contribution >= 0.6 is 27.5 Å². The highest BCUT2D eigenvalue weighted by molar-refractivity contribution is 9.09. The molecule has 16 heavy (non-hydrogen) atoms. The van der Waals surface area contributed by atoms with Crippen LogP contribution in [0.5, 0.6) is 0 Å². The van der Waals surface area contributed by atoms with Crippen LogP contribution in [0.4, 0.5) is 0 Å². The minimum atomic E-state index is -3.04. The van der Waals surface area contributed by atoms with Crippen LogP contribution in [-0.4, -0.2) is 29.7 Å². The highest BCUT2D eigenvalue weighted by Crippen LogP contribution is 2.22. The van der Waals surface area contributed by atoms with E-state index in [-0.39, 0.29) is 4.83 Å². The van der Waals surface area contributed by atoms with Crippen LogP contribution in [0.15, 0.2) is 18.5 Å². The van der Waals surface area contributed by atoms with Crippen molar-refractivity contribution in [1.29, 1.82) is 0 Å². The molecule has 2 unspecified atom stereocenters. The number of hydrogen-bond donors (Lipinski definition) is 0. The van der Waals surface area contributed by atoms with Crippen LogP contribution in [0.1, 0.15) is 12.5 Å². The van der Waals surface area contributed by atoms with Gasteiger partial charge < -0.3 is 0 Å². The predicted octanol–water partition coefficient (Wildman–Crippen LogP) is 2.47. The Hall–Kier alpha value is -0.130. The van der Waals surface area contributed by atoms with Crippen molar-refractivity contribution in [2.45, 2.75) is 23.4 Å². The lowest BCUT2D eigenvalue weighted by molar-refractivity contribution is 0.586. The molecule has 0 aliphatic heterocycles. The van der Waals surface area contributed by atoms with Crippen molar-refractivity contribution in [3.8, 4) is 0 Å². The fourth-order valence-corrected chi connectivity index (χ4v) is 3.57. The number of sulfone groups is 1. The lowest BCUT2D eigenvalue weighted by atomic mass is 10.1. The van der Waals surface area contributed by atoms with Crippen molar-refractivity contribution in [3.05, 3.63) is 29.0 Å². The maximum absolute atomic E-state index is 11.4. The molecule has 3 nitrogen and oxygen atoms in total. The van der Waals surface area contributed by atoms with Gasteiger partial charge >= 0.3 is 0 Å². The van der Waals surface area contributed by atoms with Gasteiger partial charge in [-0.15, -0.1) is 0 Å². The van der Waals surface area contributed by atoms with Crippen LogP contribution in [0.25, 0.3) is 0 Å². The minimum Gasteiger partial charge on any atom is -0.263 e. The molecule has 0 amide bonds. The maximum atomic E-state index is 11.4. The third kappa shape index (κ3) is 3.71. The second-order valence-electron chi connectivity index (χ2n) is 3.72. The molecular formula is C10H13BrClNO2S. The van der Waals surface area contributed by atoms with Gasteiger partial charge in [0.2, 0.25) is 0 Å². The van der Waals surface area contributed by atoms with E-state index >= 15 is 0 Å². The highest BCUT2D eigenvalue weighted by atomic mass is 79.9. The van der Waals surface area contributed by atoms with Crippen LogP contribution in [0.3, 0.4) is 0 Å². The van der Waals surface area contributed by atoms with Crippen molar-refractivity contribution in [2.75, 3.05) is 6.26 Å². The average Bonchev–Trinajstić information content (AvgIpc) is 2.19. The van der Waals surface area contributed by atoms with Gasteiger partial charge in [-0.25, -0.2) is 8.42 Å². The third-order valence-corrected chi connectivity index (χ3v) is 5.94. The molecule has 1 rings (SSSR count). The lowest BCUT2D eigenvalue weighted by Crippen LogP contribution is -2.28. The molecule has 0 bridgehead atoms. The summed E-state index contributed by atoms with van der Waals surface area (Å²) in [5.74, 6) is 0. The smallest absolute Gasteiger partial charge is 0.151 e. The van der Waals surface area contributed by atoms with E-state index in [4.69, 9.17) is 11.6 Å². The van der Waals surface area contributed by atoms with Gasteiger partial charge in [0.25, 0.3) is 0 Å². The molecule has 0 radical (unpaired) electrons. The summed E-state index contributed by atoms with van der Waals surface area (Å²) in [6.07, 6.45) is 5.00. The Morgan fingerprint density at radius 3 is 2.69 bits per heavy atom. The topological polar surface area (TPSA) is 47.0 Å². The molecule has 0 fully saturated rings. The molecule has 90 valence electrons. The Bertz CT molecular complexity index is 464. The number of hydrogen-bond acceptors (Lipinski definition) is 3. The Labute approximate surface area is 109 Å². The molecule has 6 heteroatoms. The van der Waals surface area contributed by atoms with Gasteiger partial charge in [0.1, 0.15) is 0 Å². The largest absolute Gasteiger partial charge is 0.263 e. The summed E-state index contributed by atoms with van der Waals surface area (Å²) in [4.78, 5) is 3.73. The minimum absolute atomic E-state index is 0.151. The first kappa shape index (κ1) is 13.9. The number of halogens is 2. The number of alkyl halides is 1. The van der Waals surface area contributed by atoms with E-state index in [1.54, 1.807) is 25.4 Å². The molecule has 0 saturated carbocycles. The number of rotatable bonds is 4. The van der Waals surface area contributed by atoms with E-state index in [2.05, 4.69) is 20.9 Å². The van der Waals surface area contributed by atoms with Crippen LogP contribution < -0.4 is 0 Å². The van der Waals surface area contributed by atoms with Gasteiger partial charge in [-0.2, -0.15) is 0 Å². The molecule has 0 aromatic carbocycles. The van der Waals surface area contributed by atoms with Gasteiger partial charge in [-0.05, 0) is 25.0 Å². The standard InChI is InChI=1S/C10H13BrClNO2S/c1-7(16(2,14)15)9(11)5-8-3-4-13-6-10(8)12/h3-4,6-7,9H,5H2,1-2H3. The highest BCUT2D eigenvalue weighted by Gasteiger charge is 2.24. The van der Waals surface area contributed by atoms with Crippen molar-refractivity contribution in [2.24, 2.45) is 0 Å². The normalized spacial score (nSPS) is 15.8. The predicted molar refractivity (Wildman–Crippen MR) is 70.0 cm³/mol. The van der Waals surface area contributed by atoms with E-state index in [1.807, 2.05) is 0 Å². The Balaban J connectivity index is 2.80. The quantitative estimate of drug-likeness (QED) is 0.799. The average molecular weight is 327 g/mol. The van der Waals surface area contributed by atoms with Gasteiger partial charge in [0, 0.05) is 23.5 Å². The lowest BCUT2D eigenvalue weighted by Gasteiger charge is -2.17. The van der Waals surface area contributed by atoms with E-state index in [1.165, 1.54) is 6.26 Å². The van der Waals surface area contributed by atoms with Crippen molar-refractivity contribution >= 4 is 37.4 Å². The summed E-state index contributed by atoms with van der Waals surface area (Å²) in [6.45, 7) is 1.68. The monoisotopic (exact) mass is 325 g/mol. The van der Waals surface area contributed by atoms with Crippen molar-refractivity contribution in [3.63, 3.8) is 0 Å². The number of nitrogens with zero attached hydrogens (tertiary/aromatic N) is 1. The molecular weight excluding hydrogens is 314 g/mol. The zero-order valence-electron chi connectivity index (χ0n) is 9.02. The molecule has 0 N–H and O–H groups in total. The second-order valence-corrected chi connectivity index (χ2v) is 7.71. The van der Waals surface area contributed by atoms with Gasteiger partial charge in [0.15, 0.2) is 9.84 Å². The summed E-state index contributed by atoms with van der Waals surface area (Å²) < 4.78 is 22.7. The first-order chi connectivity index (χ1) is 7.32. The van der Waals surface area contributed by atoms with E-state index in [9.17, 15) is 8.42 Å². The van der Waals surface area contributed by atoms with Crippen LogP contribution in [0, 0.1) is 0 Å². The number of pyridine rings is 1. The van der Waals surface area contributed by atoms with Gasteiger partial charge in [0.05, 0.1) is 10.3 Å². The Morgan fingerprint density at radius 1 is 1.56 bits per heavy atom. The van der Waals surface area contributed by atoms with Crippen molar-refractivity contribution in [1.82, 2.24) is 4.98 Å². The van der Waals surface area contributed by atoms with Crippen LogP contribution in [0.2, 0.25) is 5.02 Å². The molecule has 0 aliphatic carbocycles. The number of aromatic nitrogens is 1. The summed E-state index contributed by atoms with van der Waals surface area (Å²) in [5, 5.41) is 0.115. The zero-order valence-corrected chi connectivity index (χ0v) is 12.2. The molecule has 1 heterocycles. The van der Waals surface area contributed by atoms with Crippen LogP contribution in [-0.2, 0) is 16.3 Å².